The minimum absolute atomic E-state index is 0.0341. The largest absolute Gasteiger partial charge is 0.334 e. The number of aromatic nitrogens is 4. The number of aromatic amines is 1. The van der Waals surface area contributed by atoms with Crippen LogP contribution in [0.3, 0.4) is 0 Å². The van der Waals surface area contributed by atoms with Gasteiger partial charge in [0.25, 0.3) is 5.56 Å². The molecule has 1 N–H and O–H groups in total. The van der Waals surface area contributed by atoms with Gasteiger partial charge in [0.15, 0.2) is 0 Å². The Bertz CT molecular complexity index is 1300. The quantitative estimate of drug-likeness (QED) is 0.475. The number of nitrogens with one attached hydrogen (secondary N) is 1. The highest BCUT2D eigenvalue weighted by molar-refractivity contribution is 5.79. The minimum Gasteiger partial charge on any atom is -0.334 e. The highest BCUT2D eigenvalue weighted by Gasteiger charge is 2.20. The lowest BCUT2D eigenvalue weighted by Crippen LogP contribution is -2.34. The fraction of sp³-hybridized carbons (Fsp3) is 0.192. The second-order valence-electron chi connectivity index (χ2n) is 7.93. The molecule has 0 saturated carbocycles. The van der Waals surface area contributed by atoms with Crippen molar-refractivity contribution in [3.63, 3.8) is 0 Å². The maximum atomic E-state index is 13.4. The van der Waals surface area contributed by atoms with Crippen LogP contribution in [-0.4, -0.2) is 30.7 Å². The molecule has 1 amide bonds. The first kappa shape index (κ1) is 22.1. The molecule has 0 atom stereocenters. The molecule has 3 aromatic heterocycles. The van der Waals surface area contributed by atoms with Gasteiger partial charge in [-0.25, -0.2) is 4.98 Å². The number of H-pyrrole nitrogens is 1. The first-order valence-electron chi connectivity index (χ1n) is 10.7. The smallest absolute Gasteiger partial charge is 0.255 e. The summed E-state index contributed by atoms with van der Waals surface area (Å²) >= 11 is 0. The van der Waals surface area contributed by atoms with Crippen molar-refractivity contribution in [3.05, 3.63) is 112 Å². The second-order valence-corrected chi connectivity index (χ2v) is 7.93. The van der Waals surface area contributed by atoms with Crippen LogP contribution in [-0.2, 0) is 24.3 Å². The molecule has 3 heterocycles. The molecule has 0 radical (unpaired) electrons. The van der Waals surface area contributed by atoms with Gasteiger partial charge in [-0.3, -0.25) is 19.6 Å². The summed E-state index contributed by atoms with van der Waals surface area (Å²) in [5, 5.41) is 0. The molecule has 0 unspecified atom stereocenters. The molecule has 4 rings (SSSR count). The van der Waals surface area contributed by atoms with Crippen molar-refractivity contribution in [1.82, 2.24) is 24.8 Å². The van der Waals surface area contributed by atoms with Gasteiger partial charge >= 0.3 is 0 Å². The van der Waals surface area contributed by atoms with E-state index in [4.69, 9.17) is 0 Å². The molecule has 1 aromatic carbocycles. The number of nitrogens with zero attached hydrogens (tertiary/aromatic N) is 4. The van der Waals surface area contributed by atoms with Gasteiger partial charge in [0.05, 0.1) is 6.42 Å². The van der Waals surface area contributed by atoms with Crippen LogP contribution in [0.1, 0.15) is 27.9 Å². The van der Waals surface area contributed by atoms with Crippen LogP contribution in [0.15, 0.2) is 78.1 Å². The third-order valence-corrected chi connectivity index (χ3v) is 5.56. The van der Waals surface area contributed by atoms with E-state index in [-0.39, 0.29) is 17.9 Å². The molecule has 7 heteroatoms. The van der Waals surface area contributed by atoms with Gasteiger partial charge in [0.1, 0.15) is 5.82 Å². The number of benzene rings is 1. The average molecular weight is 440 g/mol. The summed E-state index contributed by atoms with van der Waals surface area (Å²) < 4.78 is 0. The normalized spacial score (nSPS) is 10.7. The number of carbonyl (C=O) groups is 1. The Balaban J connectivity index is 1.61. The van der Waals surface area contributed by atoms with Gasteiger partial charge in [-0.1, -0.05) is 30.3 Å². The van der Waals surface area contributed by atoms with Crippen molar-refractivity contribution in [2.45, 2.75) is 33.4 Å². The van der Waals surface area contributed by atoms with Gasteiger partial charge in [-0.15, -0.1) is 0 Å². The summed E-state index contributed by atoms with van der Waals surface area (Å²) in [6.07, 6.45) is 6.72. The highest BCUT2D eigenvalue weighted by atomic mass is 16.2. The van der Waals surface area contributed by atoms with Crippen LogP contribution in [0.4, 0.5) is 0 Å². The van der Waals surface area contributed by atoms with E-state index in [9.17, 15) is 9.59 Å². The van der Waals surface area contributed by atoms with Crippen LogP contribution in [0.25, 0.3) is 11.4 Å². The first-order chi connectivity index (χ1) is 16.0. The van der Waals surface area contributed by atoms with Gasteiger partial charge in [-0.2, -0.15) is 0 Å². The molecule has 0 aliphatic heterocycles. The Kier molecular flexibility index (Phi) is 6.69. The maximum Gasteiger partial charge on any atom is 0.255 e. The molecular weight excluding hydrogens is 414 g/mol. The molecule has 0 fully saturated rings. The second kappa shape index (κ2) is 9.99. The highest BCUT2D eigenvalue weighted by Crippen LogP contribution is 2.16. The fourth-order valence-electron chi connectivity index (χ4n) is 3.66. The molecule has 0 saturated heterocycles. The summed E-state index contributed by atoms with van der Waals surface area (Å²) in [5.74, 6) is 0.292. The number of aryl methyl sites for hydroxylation is 2. The van der Waals surface area contributed by atoms with Crippen molar-refractivity contribution < 1.29 is 4.79 Å². The number of amides is 1. The average Bonchev–Trinajstić information content (AvgIpc) is 2.83. The number of rotatable bonds is 7. The van der Waals surface area contributed by atoms with Crippen molar-refractivity contribution in [2.24, 2.45) is 0 Å². The summed E-state index contributed by atoms with van der Waals surface area (Å²) in [5.41, 5.74) is 4.40. The molecule has 7 nitrogen and oxygen atoms in total. The summed E-state index contributed by atoms with van der Waals surface area (Å²) in [7, 11) is 0. The Morgan fingerprint density at radius 1 is 0.939 bits per heavy atom. The lowest BCUT2D eigenvalue weighted by molar-refractivity contribution is -0.131. The fourth-order valence-corrected chi connectivity index (χ4v) is 3.66. The van der Waals surface area contributed by atoms with Crippen molar-refractivity contribution >= 4 is 5.91 Å². The summed E-state index contributed by atoms with van der Waals surface area (Å²) in [6, 6.07) is 15.4. The number of carbonyl (C=O) groups excluding carboxylic acids is 1. The minimum atomic E-state index is -0.313. The molecule has 4 aromatic rings. The summed E-state index contributed by atoms with van der Waals surface area (Å²) in [6.45, 7) is 4.63. The van der Waals surface area contributed by atoms with Crippen LogP contribution >= 0.6 is 0 Å². The SMILES string of the molecule is Cc1ccccc1CN(Cc1cccnc1)C(=O)Cc1c(C)nc(-c2cccnc2)[nH]c1=O. The van der Waals surface area contributed by atoms with Crippen LogP contribution < -0.4 is 5.56 Å². The van der Waals surface area contributed by atoms with E-state index in [1.165, 1.54) is 0 Å². The number of pyridine rings is 2. The standard InChI is InChI=1S/C26H25N5O2/c1-18-7-3-4-9-22(18)17-31(16-20-8-5-11-27-14-20)24(32)13-23-19(2)29-25(30-26(23)33)21-10-6-12-28-15-21/h3-12,14-15H,13,16-17H2,1-2H3,(H,29,30,33). The number of hydrogen-bond donors (Lipinski definition) is 1. The van der Waals surface area contributed by atoms with Crippen LogP contribution in [0.2, 0.25) is 0 Å². The molecule has 0 bridgehead atoms. The predicted molar refractivity (Wildman–Crippen MR) is 126 cm³/mol. The first-order valence-corrected chi connectivity index (χ1v) is 10.7. The van der Waals surface area contributed by atoms with E-state index >= 15 is 0 Å². The van der Waals surface area contributed by atoms with E-state index in [1.54, 1.807) is 42.7 Å². The number of hydrogen-bond acceptors (Lipinski definition) is 5. The zero-order valence-corrected chi connectivity index (χ0v) is 18.7. The topological polar surface area (TPSA) is 91.8 Å². The van der Waals surface area contributed by atoms with Gasteiger partial charge in [0, 0.05) is 54.7 Å². The van der Waals surface area contributed by atoms with Crippen molar-refractivity contribution in [3.8, 4) is 11.4 Å². The predicted octanol–water partition coefficient (Wildman–Crippen LogP) is 3.62. The van der Waals surface area contributed by atoms with Gasteiger partial charge < -0.3 is 9.88 Å². The van der Waals surface area contributed by atoms with Crippen molar-refractivity contribution in [2.75, 3.05) is 0 Å². The lowest BCUT2D eigenvalue weighted by atomic mass is 10.1. The maximum absolute atomic E-state index is 13.4. The van der Waals surface area contributed by atoms with Crippen LogP contribution in [0.5, 0.6) is 0 Å². The molecule has 166 valence electrons. The van der Waals surface area contributed by atoms with Gasteiger partial charge in [-0.05, 0) is 48.7 Å². The zero-order chi connectivity index (χ0) is 23.2. The van der Waals surface area contributed by atoms with E-state index < -0.39 is 0 Å². The molecule has 33 heavy (non-hydrogen) atoms. The molecule has 0 spiro atoms. The Labute approximate surface area is 192 Å². The third kappa shape index (κ3) is 5.38. The Hall–Kier alpha value is -4.13. The zero-order valence-electron chi connectivity index (χ0n) is 18.7. The molecular formula is C26H25N5O2. The van der Waals surface area contributed by atoms with Crippen molar-refractivity contribution in [1.29, 1.82) is 0 Å². The monoisotopic (exact) mass is 439 g/mol. The van der Waals surface area contributed by atoms with Gasteiger partial charge in [0.2, 0.25) is 5.91 Å². The lowest BCUT2D eigenvalue weighted by Gasteiger charge is -2.24. The van der Waals surface area contributed by atoms with E-state index in [1.807, 2.05) is 49.4 Å². The Morgan fingerprint density at radius 3 is 2.36 bits per heavy atom. The summed E-state index contributed by atoms with van der Waals surface area (Å²) in [4.78, 5) is 43.6. The third-order valence-electron chi connectivity index (χ3n) is 5.56. The van der Waals surface area contributed by atoms with E-state index in [0.29, 0.717) is 35.7 Å². The molecule has 0 aliphatic rings. The van der Waals surface area contributed by atoms with E-state index in [2.05, 4.69) is 19.9 Å². The molecule has 0 aliphatic carbocycles. The Morgan fingerprint density at radius 2 is 1.70 bits per heavy atom. The van der Waals surface area contributed by atoms with E-state index in [0.717, 1.165) is 16.7 Å². The van der Waals surface area contributed by atoms with Crippen LogP contribution in [0, 0.1) is 13.8 Å².